The molecule has 1 amide bonds. The summed E-state index contributed by atoms with van der Waals surface area (Å²) >= 11 is 3.25. The van der Waals surface area contributed by atoms with E-state index < -0.39 is 29.1 Å². The van der Waals surface area contributed by atoms with Crippen molar-refractivity contribution < 1.29 is 23.1 Å². The van der Waals surface area contributed by atoms with E-state index in [1.807, 2.05) is 0 Å². The van der Waals surface area contributed by atoms with E-state index in [0.29, 0.717) is 10.0 Å². The van der Waals surface area contributed by atoms with Crippen molar-refractivity contribution in [2.75, 3.05) is 14.2 Å². The van der Waals surface area contributed by atoms with Crippen molar-refractivity contribution >= 4 is 34.0 Å². The summed E-state index contributed by atoms with van der Waals surface area (Å²) in [6.07, 6.45) is 0.875. The minimum absolute atomic E-state index is 0.257. The van der Waals surface area contributed by atoms with Gasteiger partial charge in [-0.2, -0.15) is 5.10 Å². The van der Waals surface area contributed by atoms with Crippen LogP contribution in [0.5, 0.6) is 0 Å². The van der Waals surface area contributed by atoms with E-state index in [4.69, 9.17) is 0 Å². The third kappa shape index (κ3) is 4.27. The number of carbonyl (C=O) groups excluding carboxylic acids is 2. The highest BCUT2D eigenvalue weighted by Gasteiger charge is 2.16. The molecule has 2 rings (SSSR count). The van der Waals surface area contributed by atoms with Gasteiger partial charge in [0.2, 0.25) is 0 Å². The van der Waals surface area contributed by atoms with Crippen LogP contribution in [0.1, 0.15) is 26.3 Å². The Morgan fingerprint density at radius 3 is 2.36 bits per heavy atom. The van der Waals surface area contributed by atoms with Gasteiger partial charge in [0.05, 0.1) is 30.0 Å². The van der Waals surface area contributed by atoms with Crippen LogP contribution in [0.4, 0.5) is 8.78 Å². The Labute approximate surface area is 151 Å². The molecule has 8 heteroatoms. The van der Waals surface area contributed by atoms with E-state index >= 15 is 0 Å². The standard InChI is InChI=1S/C17H13BrF2N2O3/c1-22(16(23)11-5-3-4-6-13(11)18)21-9-12-14(19)7-10(8-15(12)20)17(24)25-2/h3-9H,1-2H3/b21-9+. The van der Waals surface area contributed by atoms with Gasteiger partial charge in [-0.1, -0.05) is 12.1 Å². The van der Waals surface area contributed by atoms with Crippen LogP contribution in [-0.2, 0) is 4.74 Å². The quantitative estimate of drug-likeness (QED) is 0.439. The lowest BCUT2D eigenvalue weighted by atomic mass is 10.1. The van der Waals surface area contributed by atoms with Crippen molar-refractivity contribution in [2.24, 2.45) is 5.10 Å². The predicted octanol–water partition coefficient (Wildman–Crippen LogP) is 3.62. The summed E-state index contributed by atoms with van der Waals surface area (Å²) in [6, 6.07) is 8.39. The molecular formula is C17H13BrF2N2O3. The monoisotopic (exact) mass is 410 g/mol. The number of hydrogen-bond acceptors (Lipinski definition) is 4. The molecule has 0 aliphatic heterocycles. The normalized spacial score (nSPS) is 10.8. The van der Waals surface area contributed by atoms with E-state index in [2.05, 4.69) is 25.8 Å². The van der Waals surface area contributed by atoms with Gasteiger partial charge in [-0.3, -0.25) is 4.79 Å². The first-order valence-corrected chi connectivity index (χ1v) is 7.78. The minimum atomic E-state index is -0.995. The number of benzene rings is 2. The lowest BCUT2D eigenvalue weighted by Crippen LogP contribution is -2.22. The number of esters is 1. The van der Waals surface area contributed by atoms with Gasteiger partial charge in [0.15, 0.2) is 0 Å². The molecule has 0 saturated heterocycles. The van der Waals surface area contributed by atoms with Crippen molar-refractivity contribution in [2.45, 2.75) is 0 Å². The molecule has 25 heavy (non-hydrogen) atoms. The molecule has 0 N–H and O–H groups in total. The van der Waals surface area contributed by atoms with E-state index in [0.717, 1.165) is 30.5 Å². The molecule has 0 spiro atoms. The zero-order valence-electron chi connectivity index (χ0n) is 13.3. The molecule has 0 atom stereocenters. The molecule has 0 heterocycles. The van der Waals surface area contributed by atoms with Gasteiger partial charge < -0.3 is 4.74 Å². The second-order valence-corrected chi connectivity index (χ2v) is 5.75. The number of hydrogen-bond donors (Lipinski definition) is 0. The van der Waals surface area contributed by atoms with Crippen LogP contribution in [0, 0.1) is 11.6 Å². The highest BCUT2D eigenvalue weighted by Crippen LogP contribution is 2.18. The average molecular weight is 411 g/mol. The second kappa shape index (κ2) is 7.98. The van der Waals surface area contributed by atoms with E-state index in [1.165, 1.54) is 7.05 Å². The Kier molecular flexibility index (Phi) is 5.97. The predicted molar refractivity (Wildman–Crippen MR) is 91.5 cm³/mol. The maximum Gasteiger partial charge on any atom is 0.338 e. The van der Waals surface area contributed by atoms with Crippen LogP contribution in [0.3, 0.4) is 0 Å². The summed E-state index contributed by atoms with van der Waals surface area (Å²) in [5.74, 6) is -3.31. The fourth-order valence-corrected chi connectivity index (χ4v) is 2.40. The van der Waals surface area contributed by atoms with Crippen LogP contribution in [0.25, 0.3) is 0 Å². The third-order valence-electron chi connectivity index (χ3n) is 3.26. The molecule has 5 nitrogen and oxygen atoms in total. The zero-order valence-corrected chi connectivity index (χ0v) is 14.9. The van der Waals surface area contributed by atoms with Crippen LogP contribution < -0.4 is 0 Å². The van der Waals surface area contributed by atoms with E-state index in [1.54, 1.807) is 24.3 Å². The van der Waals surface area contributed by atoms with Gasteiger partial charge in [-0.25, -0.2) is 18.6 Å². The number of carbonyl (C=O) groups is 2. The molecule has 0 aromatic heterocycles. The maximum atomic E-state index is 14.0. The fourth-order valence-electron chi connectivity index (χ4n) is 1.95. The molecule has 0 saturated carbocycles. The Bertz CT molecular complexity index is 833. The van der Waals surface area contributed by atoms with Crippen molar-refractivity contribution in [3.8, 4) is 0 Å². The summed E-state index contributed by atoms with van der Waals surface area (Å²) in [5, 5.41) is 4.72. The van der Waals surface area contributed by atoms with E-state index in [9.17, 15) is 18.4 Å². The van der Waals surface area contributed by atoms with Gasteiger partial charge in [0, 0.05) is 11.5 Å². The minimum Gasteiger partial charge on any atom is -0.465 e. The Morgan fingerprint density at radius 2 is 1.80 bits per heavy atom. The molecule has 2 aromatic carbocycles. The van der Waals surface area contributed by atoms with Gasteiger partial charge in [-0.15, -0.1) is 0 Å². The van der Waals surface area contributed by atoms with Crippen LogP contribution in [0.2, 0.25) is 0 Å². The summed E-state index contributed by atoms with van der Waals surface area (Å²) in [6.45, 7) is 0. The summed E-state index contributed by atoms with van der Waals surface area (Å²) in [4.78, 5) is 23.6. The topological polar surface area (TPSA) is 59.0 Å². The van der Waals surface area contributed by atoms with Gasteiger partial charge >= 0.3 is 5.97 Å². The molecule has 2 aromatic rings. The maximum absolute atomic E-state index is 14.0. The first-order chi connectivity index (χ1) is 11.8. The Balaban J connectivity index is 2.25. The smallest absolute Gasteiger partial charge is 0.338 e. The summed E-state index contributed by atoms with van der Waals surface area (Å²) in [5.41, 5.74) is -0.379. The molecular weight excluding hydrogens is 398 g/mol. The molecule has 0 bridgehead atoms. The second-order valence-electron chi connectivity index (χ2n) is 4.90. The van der Waals surface area contributed by atoms with Gasteiger partial charge in [-0.05, 0) is 40.2 Å². The molecule has 0 radical (unpaired) electrons. The van der Waals surface area contributed by atoms with Crippen LogP contribution >= 0.6 is 15.9 Å². The molecule has 0 fully saturated rings. The van der Waals surface area contributed by atoms with Crippen molar-refractivity contribution in [1.29, 1.82) is 0 Å². The van der Waals surface area contributed by atoms with Crippen molar-refractivity contribution in [3.63, 3.8) is 0 Å². The highest BCUT2D eigenvalue weighted by molar-refractivity contribution is 9.10. The van der Waals surface area contributed by atoms with E-state index in [-0.39, 0.29) is 5.56 Å². The SMILES string of the molecule is COC(=O)c1cc(F)c(/C=N/N(C)C(=O)c2ccccc2Br)c(F)c1. The third-order valence-corrected chi connectivity index (χ3v) is 3.95. The number of halogens is 3. The molecule has 0 aliphatic carbocycles. The lowest BCUT2D eigenvalue weighted by Gasteiger charge is -2.12. The number of ether oxygens (including phenoxy) is 1. The van der Waals surface area contributed by atoms with Crippen LogP contribution in [0.15, 0.2) is 46.0 Å². The van der Waals surface area contributed by atoms with Crippen molar-refractivity contribution in [1.82, 2.24) is 5.01 Å². The number of rotatable bonds is 4. The summed E-state index contributed by atoms with van der Waals surface area (Å²) < 4.78 is 33.0. The number of amides is 1. The fraction of sp³-hybridized carbons (Fsp3) is 0.118. The Hall–Kier alpha value is -2.61. The molecule has 0 unspecified atom stereocenters. The van der Waals surface area contributed by atoms with Crippen LogP contribution in [-0.4, -0.2) is 37.3 Å². The average Bonchev–Trinajstić information content (AvgIpc) is 2.59. The van der Waals surface area contributed by atoms with Gasteiger partial charge in [0.25, 0.3) is 5.91 Å². The number of nitrogens with zero attached hydrogens (tertiary/aromatic N) is 2. The highest BCUT2D eigenvalue weighted by atomic mass is 79.9. The molecule has 0 aliphatic rings. The molecule has 130 valence electrons. The lowest BCUT2D eigenvalue weighted by molar-refractivity contribution is 0.0599. The number of hydrazone groups is 1. The summed E-state index contributed by atoms with van der Waals surface area (Å²) in [7, 11) is 2.46. The largest absolute Gasteiger partial charge is 0.465 e. The first-order valence-electron chi connectivity index (χ1n) is 6.99. The zero-order chi connectivity index (χ0) is 18.6. The Morgan fingerprint density at radius 1 is 1.20 bits per heavy atom. The van der Waals surface area contributed by atoms with Crippen molar-refractivity contribution in [3.05, 3.63) is 69.2 Å². The van der Waals surface area contributed by atoms with Gasteiger partial charge in [0.1, 0.15) is 11.6 Å². The first kappa shape index (κ1) is 18.7. The number of methoxy groups -OCH3 is 1.